The van der Waals surface area contributed by atoms with E-state index in [1.54, 1.807) is 0 Å². The third kappa shape index (κ3) is 4.18. The molecule has 0 bridgehead atoms. The lowest BCUT2D eigenvalue weighted by atomic mass is 9.94. The average Bonchev–Trinajstić information content (AvgIpc) is 2.45. The highest BCUT2D eigenvalue weighted by molar-refractivity contribution is 5.96. The zero-order valence-electron chi connectivity index (χ0n) is 12.3. The van der Waals surface area contributed by atoms with Crippen molar-refractivity contribution in [3.63, 3.8) is 0 Å². The van der Waals surface area contributed by atoms with Gasteiger partial charge in [-0.3, -0.25) is 15.0 Å². The van der Waals surface area contributed by atoms with Gasteiger partial charge in [0.05, 0.1) is 6.04 Å². The second-order valence-electron chi connectivity index (χ2n) is 5.12. The van der Waals surface area contributed by atoms with Crippen LogP contribution in [0.1, 0.15) is 33.1 Å². The van der Waals surface area contributed by atoms with Crippen LogP contribution >= 0.6 is 0 Å². The van der Waals surface area contributed by atoms with E-state index in [-0.39, 0.29) is 11.9 Å². The van der Waals surface area contributed by atoms with Gasteiger partial charge in [0.25, 0.3) is 0 Å². The number of nitrogens with one attached hydrogen (secondary N) is 3. The molecule has 0 saturated carbocycles. The Labute approximate surface area is 115 Å². The molecule has 3 amide bonds. The lowest BCUT2D eigenvalue weighted by Gasteiger charge is -2.42. The third-order valence-electron chi connectivity index (χ3n) is 3.97. The van der Waals surface area contributed by atoms with Crippen molar-refractivity contribution in [2.45, 2.75) is 51.2 Å². The Bertz CT molecular complexity index is 322. The summed E-state index contributed by atoms with van der Waals surface area (Å²) in [5.41, 5.74) is 0. The summed E-state index contributed by atoms with van der Waals surface area (Å²) in [6.45, 7) is 4.89. The van der Waals surface area contributed by atoms with Gasteiger partial charge in [-0.05, 0) is 40.3 Å². The minimum absolute atomic E-state index is 0.241. The maximum absolute atomic E-state index is 12.0. The maximum atomic E-state index is 12.0. The Hall–Kier alpha value is -1.14. The van der Waals surface area contributed by atoms with Crippen molar-refractivity contribution in [3.05, 3.63) is 0 Å². The van der Waals surface area contributed by atoms with Crippen LogP contribution in [0.4, 0.5) is 4.79 Å². The number of urea groups is 1. The minimum atomic E-state index is -0.452. The van der Waals surface area contributed by atoms with Crippen LogP contribution in [-0.4, -0.2) is 55.6 Å². The fourth-order valence-electron chi connectivity index (χ4n) is 2.62. The molecule has 3 unspecified atom stereocenters. The highest BCUT2D eigenvalue weighted by atomic mass is 16.2. The number of likely N-dealkylation sites (N-methyl/N-ethyl adjacent to an activating group) is 1. The molecule has 3 N–H and O–H groups in total. The first kappa shape index (κ1) is 15.9. The number of amides is 3. The molecule has 3 atom stereocenters. The summed E-state index contributed by atoms with van der Waals surface area (Å²) in [4.78, 5) is 25.4. The van der Waals surface area contributed by atoms with Gasteiger partial charge in [0.1, 0.15) is 0 Å². The van der Waals surface area contributed by atoms with Crippen molar-refractivity contribution >= 4 is 11.9 Å². The molecule has 0 aromatic carbocycles. The standard InChI is InChI=1S/C13H26N4O2/c1-9(14-3)11-7-5-6-8-17(11)10(2)12(18)16-13(19)15-4/h9-11,14H,5-8H2,1-4H3,(H2,15,16,18,19). The topological polar surface area (TPSA) is 73.5 Å². The van der Waals surface area contributed by atoms with Crippen molar-refractivity contribution in [2.24, 2.45) is 0 Å². The quantitative estimate of drug-likeness (QED) is 0.686. The lowest BCUT2D eigenvalue weighted by Crippen LogP contribution is -2.58. The Morgan fingerprint density at radius 2 is 1.89 bits per heavy atom. The van der Waals surface area contributed by atoms with Crippen molar-refractivity contribution in [1.82, 2.24) is 20.9 Å². The van der Waals surface area contributed by atoms with Crippen molar-refractivity contribution in [3.8, 4) is 0 Å². The molecule has 1 rings (SSSR count). The fourth-order valence-corrected chi connectivity index (χ4v) is 2.62. The lowest BCUT2D eigenvalue weighted by molar-refractivity contribution is -0.126. The first-order valence-corrected chi connectivity index (χ1v) is 6.96. The third-order valence-corrected chi connectivity index (χ3v) is 3.97. The summed E-state index contributed by atoms with van der Waals surface area (Å²) in [5.74, 6) is -0.241. The first-order valence-electron chi connectivity index (χ1n) is 6.96. The Morgan fingerprint density at radius 3 is 2.47 bits per heavy atom. The van der Waals surface area contributed by atoms with Gasteiger partial charge in [0.15, 0.2) is 0 Å². The minimum Gasteiger partial charge on any atom is -0.341 e. The van der Waals surface area contributed by atoms with Gasteiger partial charge in [-0.15, -0.1) is 0 Å². The Morgan fingerprint density at radius 1 is 1.21 bits per heavy atom. The number of carbonyl (C=O) groups is 2. The number of imide groups is 1. The highest BCUT2D eigenvalue weighted by Crippen LogP contribution is 2.22. The molecule has 1 heterocycles. The van der Waals surface area contributed by atoms with E-state index in [9.17, 15) is 9.59 Å². The van der Waals surface area contributed by atoms with E-state index in [1.165, 1.54) is 13.5 Å². The Balaban J connectivity index is 2.68. The molecule has 0 aromatic rings. The normalized spacial score (nSPS) is 23.5. The summed E-state index contributed by atoms with van der Waals surface area (Å²) in [5, 5.41) is 8.01. The highest BCUT2D eigenvalue weighted by Gasteiger charge is 2.33. The average molecular weight is 270 g/mol. The van der Waals surface area contributed by atoms with Crippen LogP contribution in [-0.2, 0) is 4.79 Å². The van der Waals surface area contributed by atoms with Crippen LogP contribution < -0.4 is 16.0 Å². The molecule has 19 heavy (non-hydrogen) atoms. The van der Waals surface area contributed by atoms with Crippen LogP contribution in [0, 0.1) is 0 Å². The van der Waals surface area contributed by atoms with Gasteiger partial charge in [-0.2, -0.15) is 0 Å². The monoisotopic (exact) mass is 270 g/mol. The molecule has 0 aromatic heterocycles. The van der Waals surface area contributed by atoms with Crippen LogP contribution in [0.5, 0.6) is 0 Å². The number of rotatable bonds is 4. The number of likely N-dealkylation sites (tertiary alicyclic amines) is 1. The number of hydrogen-bond acceptors (Lipinski definition) is 4. The van der Waals surface area contributed by atoms with Gasteiger partial charge in [-0.25, -0.2) is 4.79 Å². The molecule has 1 aliphatic rings. The van der Waals surface area contributed by atoms with Gasteiger partial charge >= 0.3 is 6.03 Å². The molecule has 0 radical (unpaired) electrons. The molecule has 6 nitrogen and oxygen atoms in total. The summed E-state index contributed by atoms with van der Waals surface area (Å²) in [6.07, 6.45) is 3.38. The molecule has 1 aliphatic heterocycles. The van der Waals surface area contributed by atoms with Crippen LogP contribution in [0.15, 0.2) is 0 Å². The van der Waals surface area contributed by atoms with Crippen molar-refractivity contribution < 1.29 is 9.59 Å². The van der Waals surface area contributed by atoms with Gasteiger partial charge in [0.2, 0.25) is 5.91 Å². The molecule has 1 saturated heterocycles. The number of nitrogens with zero attached hydrogens (tertiary/aromatic N) is 1. The number of piperidine rings is 1. The molecule has 0 spiro atoms. The fraction of sp³-hybridized carbons (Fsp3) is 0.846. The molecular weight excluding hydrogens is 244 g/mol. The number of carbonyl (C=O) groups excluding carboxylic acids is 2. The van der Waals surface area contributed by atoms with E-state index in [4.69, 9.17) is 0 Å². The smallest absolute Gasteiger partial charge is 0.321 e. The first-order chi connectivity index (χ1) is 9.01. The van der Waals surface area contributed by atoms with E-state index in [0.717, 1.165) is 19.4 Å². The van der Waals surface area contributed by atoms with Gasteiger partial charge < -0.3 is 10.6 Å². The van der Waals surface area contributed by atoms with Gasteiger partial charge in [0, 0.05) is 19.1 Å². The van der Waals surface area contributed by atoms with Crippen LogP contribution in [0.3, 0.4) is 0 Å². The van der Waals surface area contributed by atoms with Crippen LogP contribution in [0.2, 0.25) is 0 Å². The van der Waals surface area contributed by atoms with E-state index in [1.807, 2.05) is 14.0 Å². The predicted octanol–water partition coefficient (Wildman–Crippen LogP) is 0.293. The zero-order valence-corrected chi connectivity index (χ0v) is 12.3. The van der Waals surface area contributed by atoms with E-state index in [0.29, 0.717) is 12.1 Å². The van der Waals surface area contributed by atoms with E-state index in [2.05, 4.69) is 27.8 Å². The molecule has 1 fully saturated rings. The zero-order chi connectivity index (χ0) is 14.4. The van der Waals surface area contributed by atoms with E-state index < -0.39 is 6.03 Å². The Kier molecular flexibility index (Phi) is 6.24. The summed E-state index contributed by atoms with van der Waals surface area (Å²) in [7, 11) is 3.44. The van der Waals surface area contributed by atoms with Gasteiger partial charge in [-0.1, -0.05) is 6.42 Å². The van der Waals surface area contributed by atoms with Crippen molar-refractivity contribution in [1.29, 1.82) is 0 Å². The summed E-state index contributed by atoms with van der Waals surface area (Å²) >= 11 is 0. The summed E-state index contributed by atoms with van der Waals surface area (Å²) < 4.78 is 0. The molecule has 110 valence electrons. The van der Waals surface area contributed by atoms with Crippen LogP contribution in [0.25, 0.3) is 0 Å². The molecule has 0 aliphatic carbocycles. The maximum Gasteiger partial charge on any atom is 0.321 e. The second-order valence-corrected chi connectivity index (χ2v) is 5.12. The molecule has 6 heteroatoms. The second kappa shape index (κ2) is 7.45. The van der Waals surface area contributed by atoms with E-state index >= 15 is 0 Å². The SMILES string of the molecule is CNC(=O)NC(=O)C(C)N1CCCCC1C(C)NC. The summed E-state index contributed by atoms with van der Waals surface area (Å²) in [6, 6.07) is -0.0785. The number of hydrogen-bond donors (Lipinski definition) is 3. The largest absolute Gasteiger partial charge is 0.341 e. The molecular formula is C13H26N4O2. The van der Waals surface area contributed by atoms with Crippen molar-refractivity contribution in [2.75, 3.05) is 20.6 Å². The predicted molar refractivity (Wildman–Crippen MR) is 74.9 cm³/mol.